The molecule has 0 radical (unpaired) electrons. The minimum Gasteiger partial charge on any atom is -0.322 e. The van der Waals surface area contributed by atoms with Crippen LogP contribution in [0, 0.1) is 5.92 Å². The second-order valence-corrected chi connectivity index (χ2v) is 6.85. The SMILES string of the molecule is C[C@]1(CCc2ccccc2)NC(=O)N(NC(=O)[C@@H]2CC=CCC2)C1=O. The number of aryl methyl sites for hydroxylation is 1. The molecule has 3 rings (SSSR count). The van der Waals surface area contributed by atoms with Crippen molar-refractivity contribution in [3.8, 4) is 0 Å². The number of imide groups is 1. The smallest absolute Gasteiger partial charge is 0.322 e. The highest BCUT2D eigenvalue weighted by Gasteiger charge is 2.48. The second-order valence-electron chi connectivity index (χ2n) is 6.85. The first-order chi connectivity index (χ1) is 12.0. The highest BCUT2D eigenvalue weighted by Crippen LogP contribution is 2.23. The van der Waals surface area contributed by atoms with Gasteiger partial charge in [-0.2, -0.15) is 5.01 Å². The van der Waals surface area contributed by atoms with E-state index in [-0.39, 0.29) is 11.8 Å². The number of carbonyl (C=O) groups is 3. The summed E-state index contributed by atoms with van der Waals surface area (Å²) in [6, 6.07) is 9.23. The summed E-state index contributed by atoms with van der Waals surface area (Å²) < 4.78 is 0. The first kappa shape index (κ1) is 17.2. The molecular formula is C19H23N3O3. The lowest BCUT2D eigenvalue weighted by molar-refractivity contribution is -0.140. The van der Waals surface area contributed by atoms with E-state index in [9.17, 15) is 14.4 Å². The first-order valence-electron chi connectivity index (χ1n) is 8.66. The highest BCUT2D eigenvalue weighted by atomic mass is 16.2. The summed E-state index contributed by atoms with van der Waals surface area (Å²) >= 11 is 0. The molecule has 1 aromatic rings. The molecule has 1 aliphatic heterocycles. The van der Waals surface area contributed by atoms with Crippen LogP contribution >= 0.6 is 0 Å². The van der Waals surface area contributed by atoms with Crippen LogP contribution in [0.4, 0.5) is 4.79 Å². The van der Waals surface area contributed by atoms with Crippen molar-refractivity contribution in [3.63, 3.8) is 0 Å². The molecule has 1 fully saturated rings. The fourth-order valence-electron chi connectivity index (χ4n) is 3.23. The van der Waals surface area contributed by atoms with Gasteiger partial charge in [-0.25, -0.2) is 4.79 Å². The maximum atomic E-state index is 12.7. The van der Waals surface area contributed by atoms with Gasteiger partial charge in [0.2, 0.25) is 5.91 Å². The van der Waals surface area contributed by atoms with Gasteiger partial charge in [-0.15, -0.1) is 0 Å². The maximum Gasteiger partial charge on any atom is 0.344 e. The van der Waals surface area contributed by atoms with Gasteiger partial charge in [0.05, 0.1) is 0 Å². The molecule has 0 saturated carbocycles. The van der Waals surface area contributed by atoms with Gasteiger partial charge in [-0.05, 0) is 44.6 Å². The molecule has 4 amide bonds. The topological polar surface area (TPSA) is 78.5 Å². The zero-order valence-corrected chi connectivity index (χ0v) is 14.3. The lowest BCUT2D eigenvalue weighted by atomic mass is 9.93. The van der Waals surface area contributed by atoms with Crippen molar-refractivity contribution in [3.05, 3.63) is 48.0 Å². The molecule has 1 aromatic carbocycles. The van der Waals surface area contributed by atoms with E-state index in [1.807, 2.05) is 42.5 Å². The molecule has 6 nitrogen and oxygen atoms in total. The van der Waals surface area contributed by atoms with Crippen molar-refractivity contribution in [2.45, 2.75) is 44.6 Å². The van der Waals surface area contributed by atoms with Crippen LogP contribution in [-0.2, 0) is 16.0 Å². The third kappa shape index (κ3) is 3.73. The number of hydrogen-bond acceptors (Lipinski definition) is 3. The van der Waals surface area contributed by atoms with E-state index in [0.717, 1.165) is 23.4 Å². The number of hydrogen-bond donors (Lipinski definition) is 2. The number of nitrogens with zero attached hydrogens (tertiary/aromatic N) is 1. The van der Waals surface area contributed by atoms with Gasteiger partial charge < -0.3 is 5.32 Å². The van der Waals surface area contributed by atoms with Gasteiger partial charge in [0.1, 0.15) is 5.54 Å². The van der Waals surface area contributed by atoms with Crippen molar-refractivity contribution >= 4 is 17.8 Å². The van der Waals surface area contributed by atoms with Crippen LogP contribution in [0.3, 0.4) is 0 Å². The number of amides is 4. The number of nitrogens with one attached hydrogen (secondary N) is 2. The van der Waals surface area contributed by atoms with E-state index in [0.29, 0.717) is 19.3 Å². The summed E-state index contributed by atoms with van der Waals surface area (Å²) in [6.45, 7) is 1.70. The Balaban J connectivity index is 1.62. The summed E-state index contributed by atoms with van der Waals surface area (Å²) in [5, 5.41) is 3.56. The minimum absolute atomic E-state index is 0.193. The number of urea groups is 1. The van der Waals surface area contributed by atoms with Gasteiger partial charge in [0.25, 0.3) is 5.91 Å². The Bertz CT molecular complexity index is 701. The van der Waals surface area contributed by atoms with E-state index >= 15 is 0 Å². The van der Waals surface area contributed by atoms with Crippen LogP contribution in [0.15, 0.2) is 42.5 Å². The van der Waals surface area contributed by atoms with Gasteiger partial charge in [0.15, 0.2) is 0 Å². The van der Waals surface area contributed by atoms with Crippen molar-refractivity contribution in [1.82, 2.24) is 15.8 Å². The Kier molecular flexibility index (Phi) is 4.88. The standard InChI is InChI=1S/C19H23N3O3/c1-19(13-12-14-8-4-2-5-9-14)17(24)22(18(25)20-19)21-16(23)15-10-6-3-7-11-15/h2-6,8-9,15H,7,10-13H2,1H3,(H,20,25)(H,21,23)/t15-,19-/m1/s1. The molecule has 0 unspecified atom stereocenters. The first-order valence-corrected chi connectivity index (χ1v) is 8.66. The number of benzene rings is 1. The zero-order valence-electron chi connectivity index (χ0n) is 14.3. The molecule has 1 saturated heterocycles. The zero-order chi connectivity index (χ0) is 17.9. The maximum absolute atomic E-state index is 12.7. The summed E-state index contributed by atoms with van der Waals surface area (Å²) in [7, 11) is 0. The highest BCUT2D eigenvalue weighted by molar-refractivity contribution is 6.07. The lowest BCUT2D eigenvalue weighted by Gasteiger charge is -2.23. The van der Waals surface area contributed by atoms with Crippen LogP contribution in [0.1, 0.15) is 38.2 Å². The third-order valence-electron chi connectivity index (χ3n) is 4.88. The third-order valence-corrected chi connectivity index (χ3v) is 4.88. The van der Waals surface area contributed by atoms with Gasteiger partial charge in [0, 0.05) is 5.92 Å². The molecule has 2 aliphatic rings. The molecule has 1 heterocycles. The molecule has 2 N–H and O–H groups in total. The quantitative estimate of drug-likeness (QED) is 0.637. The van der Waals surface area contributed by atoms with Crippen molar-refractivity contribution in [2.75, 3.05) is 0 Å². The molecule has 0 spiro atoms. The second kappa shape index (κ2) is 7.09. The Morgan fingerprint density at radius 1 is 1.28 bits per heavy atom. The van der Waals surface area contributed by atoms with Crippen molar-refractivity contribution < 1.29 is 14.4 Å². The van der Waals surface area contributed by atoms with Crippen molar-refractivity contribution in [2.24, 2.45) is 5.92 Å². The van der Waals surface area contributed by atoms with E-state index in [1.165, 1.54) is 0 Å². The molecule has 25 heavy (non-hydrogen) atoms. The van der Waals surface area contributed by atoms with E-state index < -0.39 is 17.5 Å². The van der Waals surface area contributed by atoms with E-state index in [4.69, 9.17) is 0 Å². The fraction of sp³-hybridized carbons (Fsp3) is 0.421. The molecule has 0 bridgehead atoms. The number of carbonyl (C=O) groups excluding carboxylic acids is 3. The summed E-state index contributed by atoms with van der Waals surface area (Å²) in [4.78, 5) is 37.2. The van der Waals surface area contributed by atoms with Gasteiger partial charge in [-0.3, -0.25) is 15.0 Å². The molecule has 0 aromatic heterocycles. The Morgan fingerprint density at radius 2 is 2.04 bits per heavy atom. The van der Waals surface area contributed by atoms with Gasteiger partial charge in [-0.1, -0.05) is 42.5 Å². The normalized spacial score (nSPS) is 25.8. The monoisotopic (exact) mass is 341 g/mol. The fourth-order valence-corrected chi connectivity index (χ4v) is 3.23. The van der Waals surface area contributed by atoms with Crippen molar-refractivity contribution in [1.29, 1.82) is 0 Å². The molecular weight excluding hydrogens is 318 g/mol. The Hall–Kier alpha value is -2.63. The number of allylic oxidation sites excluding steroid dienone is 2. The lowest BCUT2D eigenvalue weighted by Crippen LogP contribution is -2.50. The molecule has 6 heteroatoms. The number of rotatable bonds is 5. The predicted octanol–water partition coefficient (Wildman–Crippen LogP) is 2.32. The van der Waals surface area contributed by atoms with Crippen LogP contribution in [0.25, 0.3) is 0 Å². The van der Waals surface area contributed by atoms with Crippen LogP contribution in [0.5, 0.6) is 0 Å². The predicted molar refractivity (Wildman–Crippen MR) is 93.2 cm³/mol. The largest absolute Gasteiger partial charge is 0.344 e. The van der Waals surface area contributed by atoms with Crippen LogP contribution < -0.4 is 10.7 Å². The average Bonchev–Trinajstić information content (AvgIpc) is 2.85. The summed E-state index contributed by atoms with van der Waals surface area (Å²) in [5.41, 5.74) is 2.59. The number of hydrazine groups is 1. The minimum atomic E-state index is -1.01. The van der Waals surface area contributed by atoms with Crippen LogP contribution in [0.2, 0.25) is 0 Å². The summed E-state index contributed by atoms with van der Waals surface area (Å²) in [6.07, 6.45) is 7.35. The Morgan fingerprint density at radius 3 is 2.72 bits per heavy atom. The molecule has 1 aliphatic carbocycles. The average molecular weight is 341 g/mol. The summed E-state index contributed by atoms with van der Waals surface area (Å²) in [5.74, 6) is -0.880. The van der Waals surface area contributed by atoms with Crippen LogP contribution in [-0.4, -0.2) is 28.4 Å². The molecule has 132 valence electrons. The molecule has 2 atom stereocenters. The Labute approximate surface area is 147 Å². The van der Waals surface area contributed by atoms with E-state index in [2.05, 4.69) is 10.7 Å². The van der Waals surface area contributed by atoms with E-state index in [1.54, 1.807) is 6.92 Å². The van der Waals surface area contributed by atoms with Gasteiger partial charge >= 0.3 is 6.03 Å².